The first kappa shape index (κ1) is 24.2. The molecule has 0 amide bonds. The molecule has 1 aromatic heterocycles. The molecule has 1 saturated carbocycles. The molecule has 6 nitrogen and oxygen atoms in total. The highest BCUT2D eigenvalue weighted by molar-refractivity contribution is 5.92. The molecule has 0 spiro atoms. The van der Waals surface area contributed by atoms with Crippen molar-refractivity contribution in [3.05, 3.63) is 76.2 Å². The van der Waals surface area contributed by atoms with Gasteiger partial charge in [-0.3, -0.25) is 0 Å². The van der Waals surface area contributed by atoms with Gasteiger partial charge in [-0.05, 0) is 69.7 Å². The zero-order valence-corrected chi connectivity index (χ0v) is 20.4. The van der Waals surface area contributed by atoms with Gasteiger partial charge in [0.2, 0.25) is 5.89 Å². The molecular weight excluding hydrogens is 430 g/mol. The van der Waals surface area contributed by atoms with Gasteiger partial charge in [-0.15, -0.1) is 0 Å². The number of benzene rings is 2. The fraction of sp³-hybridized carbons (Fsp3) is 0.429. The smallest absolute Gasteiger partial charge is 0.338 e. The molecule has 0 saturated heterocycles. The molecule has 180 valence electrons. The number of methoxy groups -OCH3 is 1. The molecule has 0 radical (unpaired) electrons. The molecular formula is C28H33NO5. The van der Waals surface area contributed by atoms with Crippen LogP contribution >= 0.6 is 0 Å². The van der Waals surface area contributed by atoms with Gasteiger partial charge in [-0.1, -0.05) is 35.9 Å². The van der Waals surface area contributed by atoms with Crippen LogP contribution in [0.15, 0.2) is 46.9 Å². The van der Waals surface area contributed by atoms with E-state index in [0.29, 0.717) is 24.7 Å². The minimum absolute atomic E-state index is 0.0892. The summed E-state index contributed by atoms with van der Waals surface area (Å²) in [4.78, 5) is 16.9. The summed E-state index contributed by atoms with van der Waals surface area (Å²) in [6.07, 6.45) is 4.04. The van der Waals surface area contributed by atoms with Crippen molar-refractivity contribution in [1.82, 2.24) is 4.98 Å². The molecule has 0 unspecified atom stereocenters. The van der Waals surface area contributed by atoms with Crippen LogP contribution in [0, 0.1) is 20.8 Å². The number of hydrogen-bond acceptors (Lipinski definition) is 6. The van der Waals surface area contributed by atoms with Gasteiger partial charge in [0.05, 0.1) is 38.1 Å². The van der Waals surface area contributed by atoms with Crippen molar-refractivity contribution in [3.63, 3.8) is 0 Å². The first-order valence-corrected chi connectivity index (χ1v) is 11.9. The van der Waals surface area contributed by atoms with Crippen molar-refractivity contribution in [3.8, 4) is 11.5 Å². The predicted molar refractivity (Wildman–Crippen MR) is 130 cm³/mol. The van der Waals surface area contributed by atoms with Crippen LogP contribution in [0.2, 0.25) is 0 Å². The summed E-state index contributed by atoms with van der Waals surface area (Å²) in [6, 6.07) is 13.9. The van der Waals surface area contributed by atoms with Gasteiger partial charge in [0, 0.05) is 5.56 Å². The van der Waals surface area contributed by atoms with E-state index in [-0.39, 0.29) is 18.2 Å². The average Bonchev–Trinajstić information content (AvgIpc) is 3.22. The molecule has 1 aliphatic carbocycles. The van der Waals surface area contributed by atoms with Crippen LogP contribution in [-0.2, 0) is 27.4 Å². The van der Waals surface area contributed by atoms with E-state index in [0.717, 1.165) is 53.8 Å². The highest BCUT2D eigenvalue weighted by Crippen LogP contribution is 2.28. The normalized spacial score (nSPS) is 18.1. The van der Waals surface area contributed by atoms with Gasteiger partial charge in [0.1, 0.15) is 11.5 Å². The third-order valence-electron chi connectivity index (χ3n) is 6.45. The number of carbonyl (C=O) groups excluding carboxylic acids is 1. The summed E-state index contributed by atoms with van der Waals surface area (Å²) in [5.74, 6) is 1.09. The number of esters is 1. The van der Waals surface area contributed by atoms with E-state index in [1.165, 1.54) is 12.7 Å². The van der Waals surface area contributed by atoms with Crippen LogP contribution in [0.4, 0.5) is 0 Å². The molecule has 3 aromatic rings. The van der Waals surface area contributed by atoms with E-state index < -0.39 is 0 Å². The fourth-order valence-corrected chi connectivity index (χ4v) is 4.43. The van der Waals surface area contributed by atoms with Crippen molar-refractivity contribution in [2.45, 2.75) is 71.9 Å². The van der Waals surface area contributed by atoms with Crippen LogP contribution in [0.25, 0.3) is 11.5 Å². The van der Waals surface area contributed by atoms with Crippen molar-refractivity contribution in [2.75, 3.05) is 7.11 Å². The second kappa shape index (κ2) is 11.0. The van der Waals surface area contributed by atoms with Gasteiger partial charge >= 0.3 is 5.97 Å². The number of aryl methyl sites for hydroxylation is 3. The maximum Gasteiger partial charge on any atom is 0.338 e. The standard InChI is InChI=1S/C28H33NO5/c1-18-11-13-21(14-12-18)27-29-25(20(3)34-27)17-33-24-10-6-9-23(15-24)32-16-22-8-5-7-19(2)26(22)28(30)31-4/h5,7-8,11-14,23-24H,6,9-10,15-17H2,1-4H3/t23-,24+/m1/s1. The van der Waals surface area contributed by atoms with Crippen LogP contribution < -0.4 is 0 Å². The monoisotopic (exact) mass is 463 g/mol. The zero-order valence-electron chi connectivity index (χ0n) is 20.4. The Morgan fingerprint density at radius 1 is 1.00 bits per heavy atom. The Morgan fingerprint density at radius 2 is 1.71 bits per heavy atom. The number of ether oxygens (including phenoxy) is 3. The van der Waals surface area contributed by atoms with Crippen LogP contribution in [0.3, 0.4) is 0 Å². The van der Waals surface area contributed by atoms with Crippen molar-refractivity contribution >= 4 is 5.97 Å². The molecule has 0 aliphatic heterocycles. The number of nitrogens with zero attached hydrogens (tertiary/aromatic N) is 1. The lowest BCUT2D eigenvalue weighted by molar-refractivity contribution is -0.0564. The van der Waals surface area contributed by atoms with E-state index >= 15 is 0 Å². The third-order valence-corrected chi connectivity index (χ3v) is 6.45. The van der Waals surface area contributed by atoms with Crippen LogP contribution in [-0.4, -0.2) is 30.3 Å². The SMILES string of the molecule is COC(=O)c1c(C)cccc1CO[C@@H]1CCC[C@H](OCc2nc(-c3ccc(C)cc3)oc2C)C1. The molecule has 0 bridgehead atoms. The van der Waals surface area contributed by atoms with Gasteiger partial charge < -0.3 is 18.6 Å². The minimum atomic E-state index is -0.324. The van der Waals surface area contributed by atoms with Crippen LogP contribution in [0.1, 0.15) is 64.2 Å². The minimum Gasteiger partial charge on any atom is -0.465 e. The zero-order chi connectivity index (χ0) is 24.1. The first-order valence-electron chi connectivity index (χ1n) is 11.9. The fourth-order valence-electron chi connectivity index (χ4n) is 4.43. The largest absolute Gasteiger partial charge is 0.465 e. The topological polar surface area (TPSA) is 70.8 Å². The van der Waals surface area contributed by atoms with E-state index in [4.69, 9.17) is 18.6 Å². The summed E-state index contributed by atoms with van der Waals surface area (Å²) >= 11 is 0. The highest BCUT2D eigenvalue weighted by atomic mass is 16.5. The summed E-state index contributed by atoms with van der Waals surface area (Å²) < 4.78 is 23.3. The van der Waals surface area contributed by atoms with Gasteiger partial charge in [0.25, 0.3) is 0 Å². The van der Waals surface area contributed by atoms with Crippen molar-refractivity contribution in [1.29, 1.82) is 0 Å². The Balaban J connectivity index is 1.33. The van der Waals surface area contributed by atoms with E-state index in [1.807, 2.05) is 44.2 Å². The van der Waals surface area contributed by atoms with Crippen molar-refractivity contribution in [2.24, 2.45) is 0 Å². The Kier molecular flexibility index (Phi) is 7.80. The van der Waals surface area contributed by atoms with Gasteiger partial charge in [-0.2, -0.15) is 0 Å². The number of rotatable bonds is 8. The second-order valence-corrected chi connectivity index (χ2v) is 9.02. The number of carbonyl (C=O) groups is 1. The molecule has 1 heterocycles. The summed E-state index contributed by atoms with van der Waals surface area (Å²) in [5.41, 5.74) is 5.35. The molecule has 1 fully saturated rings. The molecule has 0 N–H and O–H groups in total. The molecule has 34 heavy (non-hydrogen) atoms. The molecule has 4 rings (SSSR count). The maximum atomic E-state index is 12.2. The highest BCUT2D eigenvalue weighted by Gasteiger charge is 2.25. The summed E-state index contributed by atoms with van der Waals surface area (Å²) in [7, 11) is 1.41. The predicted octanol–water partition coefficient (Wildman–Crippen LogP) is 6.10. The summed E-state index contributed by atoms with van der Waals surface area (Å²) in [5, 5.41) is 0. The van der Waals surface area contributed by atoms with Gasteiger partial charge in [0.15, 0.2) is 0 Å². The Labute approximate surface area is 201 Å². The quantitative estimate of drug-likeness (QED) is 0.376. The van der Waals surface area contributed by atoms with E-state index in [2.05, 4.69) is 24.0 Å². The maximum absolute atomic E-state index is 12.2. The number of oxazole rings is 1. The molecule has 1 aliphatic rings. The Hall–Kier alpha value is -2.96. The van der Waals surface area contributed by atoms with E-state index in [9.17, 15) is 4.79 Å². The molecule has 2 atom stereocenters. The number of hydrogen-bond donors (Lipinski definition) is 0. The summed E-state index contributed by atoms with van der Waals surface area (Å²) in [6.45, 7) is 6.70. The Bertz CT molecular complexity index is 1120. The van der Waals surface area contributed by atoms with Crippen molar-refractivity contribution < 1.29 is 23.4 Å². The number of aromatic nitrogens is 1. The lowest BCUT2D eigenvalue weighted by Crippen LogP contribution is -2.28. The molecule has 2 aromatic carbocycles. The Morgan fingerprint density at radius 3 is 2.41 bits per heavy atom. The van der Waals surface area contributed by atoms with E-state index in [1.54, 1.807) is 0 Å². The van der Waals surface area contributed by atoms with Crippen LogP contribution in [0.5, 0.6) is 0 Å². The lowest BCUT2D eigenvalue weighted by atomic mass is 9.94. The first-order chi connectivity index (χ1) is 16.4. The lowest BCUT2D eigenvalue weighted by Gasteiger charge is -2.29. The van der Waals surface area contributed by atoms with Gasteiger partial charge in [-0.25, -0.2) is 9.78 Å². The average molecular weight is 464 g/mol. The second-order valence-electron chi connectivity index (χ2n) is 9.02. The molecule has 6 heteroatoms. The third kappa shape index (κ3) is 5.75.